The summed E-state index contributed by atoms with van der Waals surface area (Å²) in [7, 11) is 0. The minimum Gasteiger partial charge on any atom is -0.494 e. The van der Waals surface area contributed by atoms with Gasteiger partial charge in [-0.05, 0) is 31.0 Å². The van der Waals surface area contributed by atoms with Gasteiger partial charge in [0.2, 0.25) is 0 Å². The van der Waals surface area contributed by atoms with Crippen LogP contribution in [0.4, 0.5) is 0 Å². The summed E-state index contributed by atoms with van der Waals surface area (Å²) >= 11 is 0. The van der Waals surface area contributed by atoms with E-state index in [1.54, 1.807) is 0 Å². The van der Waals surface area contributed by atoms with Crippen molar-refractivity contribution in [3.8, 4) is 5.75 Å². The molecule has 0 amide bonds. The lowest BCUT2D eigenvalue weighted by atomic mass is 9.93. The third-order valence-electron chi connectivity index (χ3n) is 2.67. The van der Waals surface area contributed by atoms with Crippen LogP contribution in [-0.4, -0.2) is 19.2 Å². The molecule has 0 saturated carbocycles. The topological polar surface area (TPSA) is 61.3 Å². The summed E-state index contributed by atoms with van der Waals surface area (Å²) < 4.78 is 5.52. The van der Waals surface area contributed by atoms with Gasteiger partial charge in [-0.1, -0.05) is 19.1 Å². The normalized spacial score (nSPS) is 14.5. The summed E-state index contributed by atoms with van der Waals surface area (Å²) in [5.41, 5.74) is 12.8. The average molecular weight is 222 g/mol. The molecule has 0 aliphatic heterocycles. The van der Waals surface area contributed by atoms with Gasteiger partial charge in [-0.25, -0.2) is 0 Å². The SMILES string of the molecule is CCCOc1ccc(C(CN)C(C)N)cc1. The van der Waals surface area contributed by atoms with Gasteiger partial charge in [-0.3, -0.25) is 0 Å². The summed E-state index contributed by atoms with van der Waals surface area (Å²) in [5.74, 6) is 1.13. The molecular weight excluding hydrogens is 200 g/mol. The standard InChI is InChI=1S/C13H22N2O/c1-3-8-16-12-6-4-11(5-7-12)13(9-14)10(2)15/h4-7,10,13H,3,8-9,14-15H2,1-2H3. The van der Waals surface area contributed by atoms with Gasteiger partial charge in [0.1, 0.15) is 5.75 Å². The summed E-state index contributed by atoms with van der Waals surface area (Å²) in [4.78, 5) is 0. The maximum atomic E-state index is 5.89. The molecule has 0 aromatic heterocycles. The van der Waals surface area contributed by atoms with E-state index in [0.29, 0.717) is 6.54 Å². The zero-order valence-electron chi connectivity index (χ0n) is 10.1. The van der Waals surface area contributed by atoms with Gasteiger partial charge in [0.05, 0.1) is 6.61 Å². The second-order valence-electron chi connectivity index (χ2n) is 4.12. The van der Waals surface area contributed by atoms with Crippen LogP contribution in [0.1, 0.15) is 31.7 Å². The Bertz CT molecular complexity index is 295. The van der Waals surface area contributed by atoms with Crippen molar-refractivity contribution in [2.75, 3.05) is 13.2 Å². The lowest BCUT2D eigenvalue weighted by Crippen LogP contribution is -2.30. The highest BCUT2D eigenvalue weighted by Gasteiger charge is 2.13. The highest BCUT2D eigenvalue weighted by Crippen LogP contribution is 2.20. The Labute approximate surface area is 97.8 Å². The quantitative estimate of drug-likeness (QED) is 0.772. The van der Waals surface area contributed by atoms with Gasteiger partial charge in [-0.2, -0.15) is 0 Å². The van der Waals surface area contributed by atoms with Gasteiger partial charge < -0.3 is 16.2 Å². The third-order valence-corrected chi connectivity index (χ3v) is 2.67. The van der Waals surface area contributed by atoms with Crippen LogP contribution in [0.2, 0.25) is 0 Å². The van der Waals surface area contributed by atoms with Crippen LogP contribution in [0.15, 0.2) is 24.3 Å². The first-order valence-electron chi connectivity index (χ1n) is 5.87. The summed E-state index contributed by atoms with van der Waals surface area (Å²) in [6, 6.07) is 8.14. The minimum atomic E-state index is 0.0763. The number of hydrogen-bond donors (Lipinski definition) is 2. The first-order valence-corrected chi connectivity index (χ1v) is 5.87. The lowest BCUT2D eigenvalue weighted by molar-refractivity contribution is 0.317. The van der Waals surface area contributed by atoms with Crippen molar-refractivity contribution in [2.45, 2.75) is 32.2 Å². The zero-order chi connectivity index (χ0) is 12.0. The van der Waals surface area contributed by atoms with Crippen molar-refractivity contribution in [2.24, 2.45) is 11.5 Å². The van der Waals surface area contributed by atoms with E-state index in [-0.39, 0.29) is 12.0 Å². The Balaban J connectivity index is 2.69. The van der Waals surface area contributed by atoms with Crippen LogP contribution in [0.25, 0.3) is 0 Å². The van der Waals surface area contributed by atoms with E-state index in [1.807, 2.05) is 31.2 Å². The van der Waals surface area contributed by atoms with Crippen LogP contribution < -0.4 is 16.2 Å². The predicted octanol–water partition coefficient (Wildman–Crippen LogP) is 1.86. The number of rotatable bonds is 6. The number of hydrogen-bond acceptors (Lipinski definition) is 3. The Morgan fingerprint density at radius 3 is 2.31 bits per heavy atom. The van der Waals surface area contributed by atoms with Crippen molar-refractivity contribution < 1.29 is 4.74 Å². The molecule has 0 aliphatic carbocycles. The monoisotopic (exact) mass is 222 g/mol. The van der Waals surface area contributed by atoms with E-state index in [0.717, 1.165) is 18.8 Å². The fourth-order valence-electron chi connectivity index (χ4n) is 1.69. The first-order chi connectivity index (χ1) is 7.69. The number of nitrogens with two attached hydrogens (primary N) is 2. The third kappa shape index (κ3) is 3.51. The molecule has 16 heavy (non-hydrogen) atoms. The highest BCUT2D eigenvalue weighted by atomic mass is 16.5. The highest BCUT2D eigenvalue weighted by molar-refractivity contribution is 5.30. The fraction of sp³-hybridized carbons (Fsp3) is 0.538. The van der Waals surface area contributed by atoms with Crippen LogP contribution in [0.5, 0.6) is 5.75 Å². The molecule has 0 bridgehead atoms. The second-order valence-corrected chi connectivity index (χ2v) is 4.12. The molecule has 0 aliphatic rings. The second kappa shape index (κ2) is 6.51. The van der Waals surface area contributed by atoms with E-state index in [1.165, 1.54) is 5.56 Å². The van der Waals surface area contributed by atoms with Crippen molar-refractivity contribution in [3.63, 3.8) is 0 Å². The molecule has 90 valence electrons. The molecule has 0 saturated heterocycles. The van der Waals surface area contributed by atoms with Gasteiger partial charge in [-0.15, -0.1) is 0 Å². The van der Waals surface area contributed by atoms with E-state index in [9.17, 15) is 0 Å². The van der Waals surface area contributed by atoms with Gasteiger partial charge >= 0.3 is 0 Å². The van der Waals surface area contributed by atoms with Crippen molar-refractivity contribution in [1.82, 2.24) is 0 Å². The van der Waals surface area contributed by atoms with E-state index in [2.05, 4.69) is 6.92 Å². The predicted molar refractivity (Wildman–Crippen MR) is 67.7 cm³/mol. The van der Waals surface area contributed by atoms with Crippen LogP contribution >= 0.6 is 0 Å². The van der Waals surface area contributed by atoms with Crippen LogP contribution in [0.3, 0.4) is 0 Å². The molecule has 2 atom stereocenters. The largest absolute Gasteiger partial charge is 0.494 e. The van der Waals surface area contributed by atoms with E-state index >= 15 is 0 Å². The van der Waals surface area contributed by atoms with E-state index < -0.39 is 0 Å². The molecule has 4 N–H and O–H groups in total. The molecule has 1 rings (SSSR count). The van der Waals surface area contributed by atoms with Crippen LogP contribution in [-0.2, 0) is 0 Å². The average Bonchev–Trinajstić information content (AvgIpc) is 2.28. The van der Waals surface area contributed by atoms with E-state index in [4.69, 9.17) is 16.2 Å². The lowest BCUT2D eigenvalue weighted by Gasteiger charge is -2.19. The zero-order valence-corrected chi connectivity index (χ0v) is 10.1. The maximum Gasteiger partial charge on any atom is 0.119 e. The Kier molecular flexibility index (Phi) is 5.29. The fourth-order valence-corrected chi connectivity index (χ4v) is 1.69. The molecule has 0 fully saturated rings. The Morgan fingerprint density at radius 1 is 1.25 bits per heavy atom. The molecule has 2 unspecified atom stereocenters. The molecule has 0 heterocycles. The molecular formula is C13H22N2O. The molecule has 1 aromatic rings. The van der Waals surface area contributed by atoms with Crippen molar-refractivity contribution >= 4 is 0 Å². The molecule has 0 spiro atoms. The summed E-state index contributed by atoms with van der Waals surface area (Å²) in [6.07, 6.45) is 1.02. The Hall–Kier alpha value is -1.06. The smallest absolute Gasteiger partial charge is 0.119 e. The first kappa shape index (κ1) is 13.0. The summed E-state index contributed by atoms with van der Waals surface area (Å²) in [5, 5.41) is 0. The molecule has 3 nitrogen and oxygen atoms in total. The van der Waals surface area contributed by atoms with Crippen LogP contribution in [0, 0.1) is 0 Å². The van der Waals surface area contributed by atoms with Crippen molar-refractivity contribution in [1.29, 1.82) is 0 Å². The summed E-state index contributed by atoms with van der Waals surface area (Å²) in [6.45, 7) is 5.41. The Morgan fingerprint density at radius 2 is 1.88 bits per heavy atom. The van der Waals surface area contributed by atoms with Gasteiger partial charge in [0, 0.05) is 18.5 Å². The molecule has 3 heteroatoms. The van der Waals surface area contributed by atoms with Crippen molar-refractivity contribution in [3.05, 3.63) is 29.8 Å². The van der Waals surface area contributed by atoms with Gasteiger partial charge in [0.15, 0.2) is 0 Å². The van der Waals surface area contributed by atoms with Gasteiger partial charge in [0.25, 0.3) is 0 Å². The number of benzene rings is 1. The number of ether oxygens (including phenoxy) is 1. The molecule has 1 aromatic carbocycles. The minimum absolute atomic E-state index is 0.0763. The maximum absolute atomic E-state index is 5.89. The molecule has 0 radical (unpaired) electrons.